The van der Waals surface area contributed by atoms with E-state index < -0.39 is 241 Å². The number of aliphatic carboxylic acids is 5. The predicted molar refractivity (Wildman–Crippen MR) is 381 cm³/mol. The number of carboxylic acid groups (broad SMARTS) is 5. The molecule has 0 saturated carbocycles. The minimum absolute atomic E-state index is 0.0388. The van der Waals surface area contributed by atoms with Crippen molar-refractivity contribution in [1.82, 2.24) is 79.8 Å². The van der Waals surface area contributed by atoms with Crippen LogP contribution in [0.2, 0.25) is 0 Å². The summed E-state index contributed by atoms with van der Waals surface area (Å²) in [4.78, 5) is 260. The standard InChI is InChI=1S/C64H110N20O25/c1-29(69)49(93)81-41(25-45(85)86)60(104)75-35(7)55(99)83-42(26-46(87)88)61(105)73-31(3)51(95)78-37(17-9-13-21-65)57(101)70-30(2)50(94)77-39(19-11-15-23-67)59(103)72-34(6)54(98)82-44(28-48(91)92)63(107)76-36(8)56(100)84-43(27-47(89)90)62(106)74-32(4)52(96)79-38(18-10-14-22-66)58(102)71-33(5)53(97)80-40(64(108)109)20-12-16-24-68/h29-44H,9-28,65-69H2,1-8H3,(H,70,101)(H,71,102)(H,72,103)(H,73,105)(H,74,106)(H,75,104)(H,76,107)(H,77,94)(H,78,95)(H,79,96)(H,80,97)(H,81,93)(H,82,98)(H,83,99)(H,84,100)(H,85,86)(H,87,88)(H,89,90)(H,91,92)(H,108,109)/t29-,30-,31-,32-,33-,34-,35-,36-,37-,38-,39-,40-,41-,42-,43-,44-/m0/s1. The second-order valence-electron chi connectivity index (χ2n) is 25.8. The van der Waals surface area contributed by atoms with Gasteiger partial charge in [0, 0.05) is 0 Å². The Bertz CT molecular complexity index is 3180. The van der Waals surface area contributed by atoms with Crippen LogP contribution in [0.15, 0.2) is 0 Å². The summed E-state index contributed by atoms with van der Waals surface area (Å²) >= 11 is 0. The number of nitrogens with one attached hydrogen (secondary N) is 15. The van der Waals surface area contributed by atoms with Gasteiger partial charge in [0.1, 0.15) is 90.6 Å². The van der Waals surface area contributed by atoms with E-state index in [0.717, 1.165) is 34.6 Å². The molecule has 0 aromatic carbocycles. The second-order valence-corrected chi connectivity index (χ2v) is 25.8. The van der Waals surface area contributed by atoms with E-state index in [9.17, 15) is 121 Å². The molecular formula is C64H110N20O25. The second kappa shape index (κ2) is 51.5. The topological polar surface area (TPSA) is 753 Å². The molecule has 0 saturated heterocycles. The Kier molecular flexibility index (Phi) is 46.4. The number of amides is 15. The lowest BCUT2D eigenvalue weighted by molar-refractivity contribution is -0.143. The van der Waals surface area contributed by atoms with Crippen LogP contribution in [0, 0.1) is 0 Å². The Balaban J connectivity index is 6.26. The molecule has 0 aromatic rings. The average molecular weight is 1560 g/mol. The molecule has 0 fully saturated rings. The van der Waals surface area contributed by atoms with Gasteiger partial charge >= 0.3 is 29.8 Å². The van der Waals surface area contributed by atoms with Gasteiger partial charge in [0.25, 0.3) is 0 Å². The molecule has 16 atom stereocenters. The Morgan fingerprint density at radius 1 is 0.220 bits per heavy atom. The molecule has 45 nitrogen and oxygen atoms in total. The van der Waals surface area contributed by atoms with Gasteiger partial charge in [-0.25, -0.2) is 4.79 Å². The molecule has 0 aliphatic carbocycles. The molecule has 616 valence electrons. The summed E-state index contributed by atoms with van der Waals surface area (Å²) in [6, 6.07) is -25.2. The van der Waals surface area contributed by atoms with Crippen LogP contribution < -0.4 is 108 Å². The first-order valence-corrected chi connectivity index (χ1v) is 35.2. The van der Waals surface area contributed by atoms with Crippen molar-refractivity contribution in [3.63, 3.8) is 0 Å². The lowest BCUT2D eigenvalue weighted by Crippen LogP contribution is -2.60. The molecule has 30 N–H and O–H groups in total. The van der Waals surface area contributed by atoms with Gasteiger partial charge in [-0.1, -0.05) is 0 Å². The summed E-state index contributed by atoms with van der Waals surface area (Å²) in [7, 11) is 0. The van der Waals surface area contributed by atoms with Gasteiger partial charge in [0.2, 0.25) is 88.6 Å². The van der Waals surface area contributed by atoms with Crippen LogP contribution in [0.5, 0.6) is 0 Å². The zero-order valence-corrected chi connectivity index (χ0v) is 62.2. The molecule has 0 spiro atoms. The molecule has 109 heavy (non-hydrogen) atoms. The molecule has 0 aromatic heterocycles. The zero-order valence-electron chi connectivity index (χ0n) is 62.2. The Morgan fingerprint density at radius 2 is 0.376 bits per heavy atom. The van der Waals surface area contributed by atoms with E-state index in [1.807, 2.05) is 0 Å². The number of unbranched alkanes of at least 4 members (excludes halogenated alkanes) is 4. The predicted octanol–water partition coefficient (Wildman–Crippen LogP) is -9.76. The summed E-state index contributed by atoms with van der Waals surface area (Å²) < 4.78 is 0. The molecular weight excluding hydrogens is 1450 g/mol. The highest BCUT2D eigenvalue weighted by molar-refractivity contribution is 6.02. The molecule has 15 amide bonds. The van der Waals surface area contributed by atoms with Gasteiger partial charge in [-0.05, 0) is 159 Å². The Morgan fingerprint density at radius 3 is 0.541 bits per heavy atom. The highest BCUT2D eigenvalue weighted by Crippen LogP contribution is 2.10. The maximum atomic E-state index is 13.8. The van der Waals surface area contributed by atoms with Crippen LogP contribution >= 0.6 is 0 Å². The number of rotatable bonds is 55. The summed E-state index contributed by atoms with van der Waals surface area (Å²) in [5.41, 5.74) is 27.9. The van der Waals surface area contributed by atoms with Crippen LogP contribution in [0.4, 0.5) is 0 Å². The van der Waals surface area contributed by atoms with Gasteiger partial charge < -0.3 is 134 Å². The van der Waals surface area contributed by atoms with Crippen LogP contribution in [-0.4, -0.2) is 267 Å². The van der Waals surface area contributed by atoms with Gasteiger partial charge in [0.05, 0.1) is 31.7 Å². The lowest BCUT2D eigenvalue weighted by Gasteiger charge is -2.26. The van der Waals surface area contributed by atoms with Crippen molar-refractivity contribution in [3.8, 4) is 0 Å². The first kappa shape index (κ1) is 98.2. The third kappa shape index (κ3) is 39.6. The Hall–Kier alpha value is -10.8. The first-order valence-electron chi connectivity index (χ1n) is 35.2. The molecule has 0 bridgehead atoms. The number of hydrogen-bond acceptors (Lipinski definition) is 25. The third-order valence-electron chi connectivity index (χ3n) is 16.0. The summed E-state index contributed by atoms with van der Waals surface area (Å²) in [6.45, 7) is 9.97. The molecule has 0 aliphatic rings. The highest BCUT2D eigenvalue weighted by atomic mass is 16.4. The van der Waals surface area contributed by atoms with Gasteiger partial charge in [-0.2, -0.15) is 0 Å². The highest BCUT2D eigenvalue weighted by Gasteiger charge is 2.37. The van der Waals surface area contributed by atoms with Crippen molar-refractivity contribution in [2.75, 3.05) is 26.2 Å². The van der Waals surface area contributed by atoms with Crippen LogP contribution in [-0.2, 0) is 95.9 Å². The summed E-state index contributed by atoms with van der Waals surface area (Å²) in [6.07, 6.45) is -1.90. The fourth-order valence-corrected chi connectivity index (χ4v) is 9.61. The maximum absolute atomic E-state index is 13.8. The van der Waals surface area contributed by atoms with Crippen molar-refractivity contribution in [1.29, 1.82) is 0 Å². The van der Waals surface area contributed by atoms with Crippen molar-refractivity contribution in [3.05, 3.63) is 0 Å². The maximum Gasteiger partial charge on any atom is 0.326 e. The average Bonchev–Trinajstić information content (AvgIpc) is 0.870. The quantitative estimate of drug-likeness (QED) is 0.0252. The lowest BCUT2D eigenvalue weighted by atomic mass is 10.1. The number of carbonyl (C=O) groups is 20. The smallest absolute Gasteiger partial charge is 0.326 e. The van der Waals surface area contributed by atoms with E-state index in [1.165, 1.54) is 20.8 Å². The normalized spacial score (nSPS) is 15.3. The fourth-order valence-electron chi connectivity index (χ4n) is 9.61. The van der Waals surface area contributed by atoms with Crippen molar-refractivity contribution < 1.29 is 121 Å². The van der Waals surface area contributed by atoms with Crippen molar-refractivity contribution in [2.45, 2.75) is 255 Å². The SMILES string of the molecule is C[C@H](N)C(=O)N[C@@H](CC(=O)O)C(=O)N[C@@H](C)C(=O)N[C@@H](CC(=O)O)C(=O)N[C@@H](C)C(=O)N[C@@H](CCCCN)C(=O)N[C@@H](C)C(=O)N[C@@H](CCCCN)C(=O)N[C@@H](C)C(=O)N[C@@H](CC(=O)O)C(=O)N[C@@H](C)C(=O)N[C@@H](CC(=O)O)C(=O)N[C@@H](C)C(=O)N[C@@H](CCCCN)C(=O)N[C@@H](C)C(=O)N[C@@H](CCCCN)C(=O)O. The number of carbonyl (C=O) groups excluding carboxylic acids is 15. The molecule has 45 heteroatoms. The van der Waals surface area contributed by atoms with E-state index in [4.69, 9.17) is 28.7 Å². The number of hydrogen-bond donors (Lipinski definition) is 25. The third-order valence-corrected chi connectivity index (χ3v) is 16.0. The Labute approximate surface area is 627 Å². The monoisotopic (exact) mass is 1560 g/mol. The van der Waals surface area contributed by atoms with E-state index >= 15 is 0 Å². The number of carboxylic acids is 5. The van der Waals surface area contributed by atoms with Crippen molar-refractivity contribution in [2.24, 2.45) is 28.7 Å². The summed E-state index contributed by atoms with van der Waals surface area (Å²) in [5.74, 6) is -24.0. The molecule has 0 aliphatic heterocycles. The van der Waals surface area contributed by atoms with E-state index in [2.05, 4.69) is 79.8 Å². The number of nitrogens with two attached hydrogens (primary N) is 5. The van der Waals surface area contributed by atoms with Crippen LogP contribution in [0.3, 0.4) is 0 Å². The molecule has 0 rings (SSSR count). The van der Waals surface area contributed by atoms with Crippen LogP contribution in [0.25, 0.3) is 0 Å². The molecule has 0 radical (unpaired) electrons. The van der Waals surface area contributed by atoms with E-state index in [0.29, 0.717) is 32.1 Å². The fraction of sp³-hybridized carbons (Fsp3) is 0.688. The zero-order chi connectivity index (χ0) is 83.5. The van der Waals surface area contributed by atoms with Crippen LogP contribution in [0.1, 0.15) is 158 Å². The van der Waals surface area contributed by atoms with Crippen molar-refractivity contribution >= 4 is 118 Å². The molecule has 0 unspecified atom stereocenters. The minimum atomic E-state index is -2.00. The summed E-state index contributed by atoms with van der Waals surface area (Å²) in [5, 5.41) is 81.8. The van der Waals surface area contributed by atoms with Gasteiger partial charge in [-0.15, -0.1) is 0 Å². The largest absolute Gasteiger partial charge is 0.481 e. The van der Waals surface area contributed by atoms with Gasteiger partial charge in [0.15, 0.2) is 0 Å². The first-order chi connectivity index (χ1) is 50.9. The molecule has 0 heterocycles. The van der Waals surface area contributed by atoms with E-state index in [1.54, 1.807) is 0 Å². The van der Waals surface area contributed by atoms with E-state index in [-0.39, 0.29) is 71.1 Å². The minimum Gasteiger partial charge on any atom is -0.481 e. The van der Waals surface area contributed by atoms with Gasteiger partial charge in [-0.3, -0.25) is 91.1 Å².